The molecular formula is C12H17Cl2N. The van der Waals surface area contributed by atoms with Gasteiger partial charge in [-0.15, -0.1) is 23.2 Å². The van der Waals surface area contributed by atoms with Gasteiger partial charge in [0.05, 0.1) is 0 Å². The summed E-state index contributed by atoms with van der Waals surface area (Å²) in [5.74, 6) is 1.08. The molecule has 0 atom stereocenters. The van der Waals surface area contributed by atoms with E-state index >= 15 is 0 Å². The molecule has 0 saturated heterocycles. The Labute approximate surface area is 102 Å². The molecule has 0 aliphatic rings. The maximum absolute atomic E-state index is 5.94. The van der Waals surface area contributed by atoms with E-state index in [4.69, 9.17) is 23.2 Å². The summed E-state index contributed by atoms with van der Waals surface area (Å²) in [4.78, 5) is 0. The third-order valence-corrected chi connectivity index (χ3v) is 3.72. The van der Waals surface area contributed by atoms with Crippen LogP contribution < -0.4 is 5.32 Å². The van der Waals surface area contributed by atoms with Gasteiger partial charge in [-0.25, -0.2) is 0 Å². The summed E-state index contributed by atoms with van der Waals surface area (Å²) in [6, 6.07) is 10.3. The molecule has 0 amide bonds. The number of benzene rings is 1. The Morgan fingerprint density at radius 2 is 1.73 bits per heavy atom. The lowest BCUT2D eigenvalue weighted by atomic mass is 10.0. The fourth-order valence-electron chi connectivity index (χ4n) is 1.33. The van der Waals surface area contributed by atoms with Gasteiger partial charge in [-0.05, 0) is 12.0 Å². The predicted octanol–water partition coefficient (Wildman–Crippen LogP) is 3.40. The zero-order chi connectivity index (χ0) is 11.1. The first kappa shape index (κ1) is 12.8. The molecule has 3 heteroatoms. The highest BCUT2D eigenvalue weighted by molar-refractivity contribution is 6.22. The van der Waals surface area contributed by atoms with Crippen molar-refractivity contribution in [3.8, 4) is 0 Å². The molecule has 1 N–H and O–H groups in total. The predicted molar refractivity (Wildman–Crippen MR) is 67.7 cm³/mol. The van der Waals surface area contributed by atoms with E-state index < -0.39 is 0 Å². The van der Waals surface area contributed by atoms with Crippen LogP contribution in [0, 0.1) is 0 Å². The third-order valence-electron chi connectivity index (χ3n) is 2.70. The Morgan fingerprint density at radius 3 is 2.20 bits per heavy atom. The fourth-order valence-corrected chi connectivity index (χ4v) is 2.18. The molecule has 0 aliphatic heterocycles. The van der Waals surface area contributed by atoms with Crippen LogP contribution in [-0.2, 0) is 6.54 Å². The number of nitrogens with one attached hydrogen (secondary N) is 1. The van der Waals surface area contributed by atoms with Crippen molar-refractivity contribution in [1.29, 1.82) is 0 Å². The summed E-state index contributed by atoms with van der Waals surface area (Å²) in [7, 11) is 0. The lowest BCUT2D eigenvalue weighted by Gasteiger charge is -2.29. The van der Waals surface area contributed by atoms with Gasteiger partial charge in [0.25, 0.3) is 0 Å². The molecule has 0 unspecified atom stereocenters. The van der Waals surface area contributed by atoms with Crippen LogP contribution >= 0.6 is 23.2 Å². The third kappa shape index (κ3) is 3.67. The van der Waals surface area contributed by atoms with Gasteiger partial charge in [0.1, 0.15) is 0 Å². The quantitative estimate of drug-likeness (QED) is 0.758. The topological polar surface area (TPSA) is 12.0 Å². The first-order valence-corrected chi connectivity index (χ1v) is 6.24. The average molecular weight is 246 g/mol. The molecule has 1 nitrogen and oxygen atoms in total. The van der Waals surface area contributed by atoms with Crippen molar-refractivity contribution in [2.45, 2.75) is 25.4 Å². The van der Waals surface area contributed by atoms with Crippen LogP contribution in [-0.4, -0.2) is 17.3 Å². The van der Waals surface area contributed by atoms with Crippen LogP contribution in [0.3, 0.4) is 0 Å². The normalized spacial score (nSPS) is 11.7. The molecule has 1 aromatic rings. The van der Waals surface area contributed by atoms with Gasteiger partial charge in [0.15, 0.2) is 0 Å². The molecule has 0 fully saturated rings. The van der Waals surface area contributed by atoms with Crippen molar-refractivity contribution >= 4 is 23.2 Å². The minimum absolute atomic E-state index is 0.140. The SMILES string of the molecule is CCC(CCl)(CCl)NCc1ccccc1. The van der Waals surface area contributed by atoms with E-state index in [1.54, 1.807) is 0 Å². The molecular weight excluding hydrogens is 229 g/mol. The first-order chi connectivity index (χ1) is 7.26. The minimum atomic E-state index is -0.140. The molecule has 0 saturated carbocycles. The maximum Gasteiger partial charge on any atom is 0.0453 e. The second-order valence-electron chi connectivity index (χ2n) is 3.74. The second kappa shape index (κ2) is 6.37. The van der Waals surface area contributed by atoms with E-state index in [0.717, 1.165) is 13.0 Å². The van der Waals surface area contributed by atoms with E-state index in [0.29, 0.717) is 11.8 Å². The van der Waals surface area contributed by atoms with Crippen molar-refractivity contribution in [3.63, 3.8) is 0 Å². The number of hydrogen-bond acceptors (Lipinski definition) is 1. The van der Waals surface area contributed by atoms with Crippen LogP contribution in [0.25, 0.3) is 0 Å². The molecule has 0 bridgehead atoms. The number of rotatable bonds is 6. The lowest BCUT2D eigenvalue weighted by Crippen LogP contribution is -2.47. The number of halogens is 2. The molecule has 0 radical (unpaired) electrons. The van der Waals surface area contributed by atoms with Crippen molar-refractivity contribution in [1.82, 2.24) is 5.32 Å². The zero-order valence-corrected chi connectivity index (χ0v) is 10.5. The van der Waals surface area contributed by atoms with E-state index in [1.807, 2.05) is 18.2 Å². The number of hydrogen-bond donors (Lipinski definition) is 1. The van der Waals surface area contributed by atoms with Gasteiger partial charge in [0.2, 0.25) is 0 Å². The van der Waals surface area contributed by atoms with Gasteiger partial charge in [0, 0.05) is 23.8 Å². The van der Waals surface area contributed by atoms with Crippen LogP contribution in [0.4, 0.5) is 0 Å². The molecule has 0 spiro atoms. The molecule has 0 aromatic heterocycles. The van der Waals surface area contributed by atoms with Gasteiger partial charge < -0.3 is 5.32 Å². The van der Waals surface area contributed by atoms with E-state index in [2.05, 4.69) is 24.4 Å². The van der Waals surface area contributed by atoms with Crippen LogP contribution in [0.5, 0.6) is 0 Å². The molecule has 1 aromatic carbocycles. The van der Waals surface area contributed by atoms with E-state index in [1.165, 1.54) is 5.56 Å². The maximum atomic E-state index is 5.94. The van der Waals surface area contributed by atoms with Gasteiger partial charge in [-0.3, -0.25) is 0 Å². The van der Waals surface area contributed by atoms with Crippen LogP contribution in [0.15, 0.2) is 30.3 Å². The van der Waals surface area contributed by atoms with Crippen molar-refractivity contribution in [2.75, 3.05) is 11.8 Å². The summed E-state index contributed by atoms with van der Waals surface area (Å²) in [5.41, 5.74) is 1.12. The Hall–Kier alpha value is -0.240. The summed E-state index contributed by atoms with van der Waals surface area (Å²) < 4.78 is 0. The Bertz CT molecular complexity index is 262. The number of alkyl halides is 2. The monoisotopic (exact) mass is 245 g/mol. The largest absolute Gasteiger partial charge is 0.305 e. The summed E-state index contributed by atoms with van der Waals surface area (Å²) in [6.45, 7) is 2.91. The molecule has 84 valence electrons. The van der Waals surface area contributed by atoms with Crippen LogP contribution in [0.1, 0.15) is 18.9 Å². The Balaban J connectivity index is 2.54. The summed E-state index contributed by atoms with van der Waals surface area (Å²) in [5, 5.41) is 3.43. The van der Waals surface area contributed by atoms with Gasteiger partial charge in [-0.2, -0.15) is 0 Å². The fraction of sp³-hybridized carbons (Fsp3) is 0.500. The van der Waals surface area contributed by atoms with E-state index in [9.17, 15) is 0 Å². The summed E-state index contributed by atoms with van der Waals surface area (Å²) >= 11 is 11.9. The highest BCUT2D eigenvalue weighted by atomic mass is 35.5. The van der Waals surface area contributed by atoms with Gasteiger partial charge >= 0.3 is 0 Å². The molecule has 0 heterocycles. The second-order valence-corrected chi connectivity index (χ2v) is 4.27. The minimum Gasteiger partial charge on any atom is -0.305 e. The standard InChI is InChI=1S/C12H17Cl2N/c1-2-12(9-13,10-14)15-8-11-6-4-3-5-7-11/h3-7,15H,2,8-10H2,1H3. The highest BCUT2D eigenvalue weighted by Crippen LogP contribution is 2.15. The van der Waals surface area contributed by atoms with Crippen molar-refractivity contribution < 1.29 is 0 Å². The highest BCUT2D eigenvalue weighted by Gasteiger charge is 2.24. The summed E-state index contributed by atoms with van der Waals surface area (Å²) in [6.07, 6.45) is 0.937. The van der Waals surface area contributed by atoms with Crippen molar-refractivity contribution in [3.05, 3.63) is 35.9 Å². The Kier molecular flexibility index (Phi) is 5.44. The van der Waals surface area contributed by atoms with Crippen molar-refractivity contribution in [2.24, 2.45) is 0 Å². The average Bonchev–Trinajstić information content (AvgIpc) is 2.33. The molecule has 15 heavy (non-hydrogen) atoms. The molecule has 1 rings (SSSR count). The lowest BCUT2D eigenvalue weighted by molar-refractivity contribution is 0.385. The van der Waals surface area contributed by atoms with Gasteiger partial charge in [-0.1, -0.05) is 37.3 Å². The smallest absolute Gasteiger partial charge is 0.0453 e. The Morgan fingerprint density at radius 1 is 1.13 bits per heavy atom. The zero-order valence-electron chi connectivity index (χ0n) is 8.97. The first-order valence-electron chi connectivity index (χ1n) is 5.17. The van der Waals surface area contributed by atoms with E-state index in [-0.39, 0.29) is 5.54 Å². The molecule has 0 aliphatic carbocycles. The van der Waals surface area contributed by atoms with Crippen LogP contribution in [0.2, 0.25) is 0 Å².